The molecule has 0 spiro atoms. The van der Waals surface area contributed by atoms with Crippen molar-refractivity contribution in [2.24, 2.45) is 0 Å². The second-order valence-corrected chi connectivity index (χ2v) is 8.77. The Morgan fingerprint density at radius 2 is 1.54 bits per heavy atom. The molecule has 1 rings (SSSR count). The van der Waals surface area contributed by atoms with Gasteiger partial charge in [0, 0.05) is 39.1 Å². The lowest BCUT2D eigenvalue weighted by Crippen LogP contribution is -2.46. The summed E-state index contributed by atoms with van der Waals surface area (Å²) in [4.78, 5) is 0. The highest BCUT2D eigenvalue weighted by molar-refractivity contribution is 6.60. The van der Waals surface area contributed by atoms with Gasteiger partial charge >= 0.3 is 8.80 Å². The van der Waals surface area contributed by atoms with E-state index >= 15 is 0 Å². The van der Waals surface area contributed by atoms with Crippen molar-refractivity contribution in [1.82, 2.24) is 0 Å². The minimum Gasteiger partial charge on any atom is -0.428 e. The minimum absolute atomic E-state index is 0.331. The summed E-state index contributed by atoms with van der Waals surface area (Å²) >= 11 is 0. The first-order valence-electron chi connectivity index (χ1n) is 9.28. The zero-order chi connectivity index (χ0) is 18.1. The molecule has 0 bridgehead atoms. The van der Waals surface area contributed by atoms with E-state index in [0.29, 0.717) is 39.1 Å². The molecule has 1 unspecified atom stereocenters. The lowest BCUT2D eigenvalue weighted by Gasteiger charge is -2.28. The molecule has 1 aliphatic heterocycles. The average Bonchev–Trinajstić information content (AvgIpc) is 3.38. The number of hydrogen-bond donors (Lipinski definition) is 0. The maximum absolute atomic E-state index is 5.76. The molecule has 1 aliphatic rings. The number of epoxide rings is 1. The first-order chi connectivity index (χ1) is 11.7. The van der Waals surface area contributed by atoms with Crippen molar-refractivity contribution in [3.63, 3.8) is 0 Å². The molecule has 0 aromatic carbocycles. The van der Waals surface area contributed by atoms with E-state index in [4.69, 9.17) is 27.2 Å². The van der Waals surface area contributed by atoms with Crippen LogP contribution in [-0.4, -0.2) is 71.6 Å². The van der Waals surface area contributed by atoms with Gasteiger partial charge in [0.1, 0.15) is 16.6 Å². The van der Waals surface area contributed by atoms with Crippen molar-refractivity contribution < 1.29 is 27.2 Å². The summed E-state index contributed by atoms with van der Waals surface area (Å²) < 4.78 is 32.8. The van der Waals surface area contributed by atoms with E-state index in [1.165, 1.54) is 12.8 Å². The van der Waals surface area contributed by atoms with Gasteiger partial charge in [-0.2, -0.15) is 0 Å². The predicted octanol–water partition coefficient (Wildman–Crippen LogP) is 1.92. The summed E-state index contributed by atoms with van der Waals surface area (Å²) in [5, 5.41) is 0. The van der Waals surface area contributed by atoms with Crippen LogP contribution in [0.3, 0.4) is 0 Å². The molecule has 0 amide bonds. The van der Waals surface area contributed by atoms with E-state index in [2.05, 4.69) is 6.92 Å². The van der Waals surface area contributed by atoms with E-state index in [9.17, 15) is 0 Å². The van der Waals surface area contributed by atoms with Gasteiger partial charge in [0.15, 0.2) is 0 Å². The summed E-state index contributed by atoms with van der Waals surface area (Å²) in [6.45, 7) is 13.2. The van der Waals surface area contributed by atoms with E-state index < -0.39 is 8.80 Å². The predicted molar refractivity (Wildman–Crippen MR) is 101 cm³/mol. The molecular formula is C16H38O6Si2. The Morgan fingerprint density at radius 1 is 0.958 bits per heavy atom. The second kappa shape index (κ2) is 16.7. The average molecular weight is 383 g/mol. The fourth-order valence-electron chi connectivity index (χ4n) is 2.06. The highest BCUT2D eigenvalue weighted by Gasteiger charge is 2.39. The molecule has 0 aliphatic carbocycles. The van der Waals surface area contributed by atoms with E-state index in [1.54, 1.807) is 0 Å². The molecule has 1 saturated heterocycles. The Bertz CT molecular complexity index is 246. The molecule has 146 valence electrons. The molecule has 1 atom stereocenters. The summed E-state index contributed by atoms with van der Waals surface area (Å²) in [5.41, 5.74) is 0. The Hall–Kier alpha value is 0.194. The maximum Gasteiger partial charge on any atom is 0.501 e. The summed E-state index contributed by atoms with van der Waals surface area (Å²) in [6.07, 6.45) is 3.71. The van der Waals surface area contributed by atoms with Crippen molar-refractivity contribution in [3.8, 4) is 0 Å². The highest BCUT2D eigenvalue weighted by atomic mass is 28.4. The van der Waals surface area contributed by atoms with Crippen molar-refractivity contribution in [2.75, 3.05) is 46.2 Å². The first kappa shape index (κ1) is 24.2. The SMILES string of the molecule is CCCCO[SiH3].CCO[Si](CCCOCC1CO1)(OCC)OCC. The zero-order valence-electron chi connectivity index (χ0n) is 16.3. The van der Waals surface area contributed by atoms with Crippen molar-refractivity contribution in [1.29, 1.82) is 0 Å². The van der Waals surface area contributed by atoms with Gasteiger partial charge in [-0.3, -0.25) is 0 Å². The molecule has 1 heterocycles. The first-order valence-corrected chi connectivity index (χ1v) is 12.0. The topological polar surface area (TPSA) is 58.7 Å². The third-order valence-electron chi connectivity index (χ3n) is 3.27. The monoisotopic (exact) mass is 382 g/mol. The Labute approximate surface area is 152 Å². The molecule has 0 radical (unpaired) electrons. The van der Waals surface area contributed by atoms with Crippen LogP contribution < -0.4 is 0 Å². The van der Waals surface area contributed by atoms with Gasteiger partial charge in [0.2, 0.25) is 0 Å². The van der Waals surface area contributed by atoms with Crippen LogP contribution in [0.2, 0.25) is 6.04 Å². The molecule has 0 saturated carbocycles. The van der Waals surface area contributed by atoms with Crippen molar-refractivity contribution >= 4 is 19.3 Å². The van der Waals surface area contributed by atoms with Crippen LogP contribution in [0.5, 0.6) is 0 Å². The van der Waals surface area contributed by atoms with Crippen LogP contribution in [0.15, 0.2) is 0 Å². The fraction of sp³-hybridized carbons (Fsp3) is 1.00. The Morgan fingerprint density at radius 3 is 1.92 bits per heavy atom. The molecule has 24 heavy (non-hydrogen) atoms. The molecule has 8 heteroatoms. The molecule has 0 N–H and O–H groups in total. The molecule has 6 nitrogen and oxygen atoms in total. The maximum atomic E-state index is 5.76. The molecule has 0 aromatic rings. The largest absolute Gasteiger partial charge is 0.501 e. The van der Waals surface area contributed by atoms with Gasteiger partial charge in [-0.15, -0.1) is 0 Å². The van der Waals surface area contributed by atoms with E-state index in [0.717, 1.165) is 36.2 Å². The van der Waals surface area contributed by atoms with Crippen LogP contribution in [-0.2, 0) is 27.2 Å². The normalized spacial score (nSPS) is 16.8. The van der Waals surface area contributed by atoms with Gasteiger partial charge < -0.3 is 27.2 Å². The van der Waals surface area contributed by atoms with Crippen LogP contribution >= 0.6 is 0 Å². The van der Waals surface area contributed by atoms with Crippen molar-refractivity contribution in [2.45, 2.75) is 59.1 Å². The molecule has 1 fully saturated rings. The standard InChI is InChI=1S/C12H26O5Si.C4H12OSi/c1-4-15-18(16-5-2,17-6-3)9-7-8-13-10-12-11-14-12;1-2-3-4-5-6/h12H,4-11H2,1-3H3;2-4H2,1,6H3. The van der Waals surface area contributed by atoms with Crippen LogP contribution in [0, 0.1) is 0 Å². The van der Waals surface area contributed by atoms with E-state index in [1.807, 2.05) is 20.8 Å². The number of unbranched alkanes of at least 4 members (excludes halogenated alkanes) is 1. The quantitative estimate of drug-likeness (QED) is 0.245. The van der Waals surface area contributed by atoms with Crippen LogP contribution in [0.4, 0.5) is 0 Å². The Balaban J connectivity index is 0.000000754. The zero-order valence-corrected chi connectivity index (χ0v) is 19.3. The van der Waals surface area contributed by atoms with Crippen LogP contribution in [0.25, 0.3) is 0 Å². The molecule has 0 aromatic heterocycles. The van der Waals surface area contributed by atoms with Gasteiger partial charge in [0.25, 0.3) is 0 Å². The lowest BCUT2D eigenvalue weighted by atomic mass is 10.4. The smallest absolute Gasteiger partial charge is 0.428 e. The number of hydrogen-bond acceptors (Lipinski definition) is 6. The highest BCUT2D eigenvalue weighted by Crippen LogP contribution is 2.18. The fourth-order valence-corrected chi connectivity index (χ4v) is 4.93. The third-order valence-corrected chi connectivity index (χ3v) is 6.83. The minimum atomic E-state index is -2.47. The van der Waals surface area contributed by atoms with Gasteiger partial charge in [0.05, 0.1) is 13.2 Å². The Kier molecular flexibility index (Phi) is 16.8. The van der Waals surface area contributed by atoms with Gasteiger partial charge in [-0.1, -0.05) is 13.3 Å². The van der Waals surface area contributed by atoms with Crippen molar-refractivity contribution in [3.05, 3.63) is 0 Å². The summed E-state index contributed by atoms with van der Waals surface area (Å²) in [6, 6.07) is 0.814. The van der Waals surface area contributed by atoms with E-state index in [-0.39, 0.29) is 0 Å². The summed E-state index contributed by atoms with van der Waals surface area (Å²) in [5.74, 6) is 0. The number of ether oxygens (including phenoxy) is 2. The van der Waals surface area contributed by atoms with Crippen LogP contribution in [0.1, 0.15) is 47.0 Å². The third kappa shape index (κ3) is 13.5. The number of rotatable bonds is 15. The lowest BCUT2D eigenvalue weighted by molar-refractivity contribution is 0.0648. The van der Waals surface area contributed by atoms with Gasteiger partial charge in [-0.25, -0.2) is 0 Å². The second-order valence-electron chi connectivity index (χ2n) is 5.46. The summed E-state index contributed by atoms with van der Waals surface area (Å²) in [7, 11) is -1.57. The molecular weight excluding hydrogens is 344 g/mol. The van der Waals surface area contributed by atoms with Gasteiger partial charge in [-0.05, 0) is 33.6 Å².